The van der Waals surface area contributed by atoms with E-state index in [2.05, 4.69) is 9.97 Å². The molecule has 6 rings (SSSR count). The van der Waals surface area contributed by atoms with E-state index in [0.717, 1.165) is 0 Å². The van der Waals surface area contributed by atoms with Crippen LogP contribution in [0.15, 0.2) is 24.3 Å². The van der Waals surface area contributed by atoms with Gasteiger partial charge in [0.25, 0.3) is 0 Å². The van der Waals surface area contributed by atoms with E-state index in [1.807, 2.05) is 4.90 Å². The number of nitrogens with zero attached hydrogens (tertiary/aromatic N) is 2. The number of aliphatic hydroxyl groups excluding tert-OH is 1. The fraction of sp³-hybridized carbons (Fsp3) is 0.435. The number of rotatable bonds is 4. The third-order valence-corrected chi connectivity index (χ3v) is 6.72. The topological polar surface area (TPSA) is 89.1 Å². The van der Waals surface area contributed by atoms with Crippen molar-refractivity contribution in [3.05, 3.63) is 40.9 Å². The standard InChI is InChI=1S/C23H22ClF2N3O5/c24-12-7-15-16(8-19(27-15)34-18-10-33-22-17(30)9-32-23(18)22)28-21(12)20-13(25)5-11(6-14(20)26)29-1-3-31-4-2-29/h5-8,17-18,22-23,27,30H,1-4,9-10H2/t17-,18-,22-,23?/m1/s1. The molecule has 0 saturated carbocycles. The number of morpholine rings is 1. The highest BCUT2D eigenvalue weighted by Crippen LogP contribution is 2.36. The number of fused-ring (bicyclic) bond motifs is 2. The SMILES string of the molecule is O[C@@H]1COC2[C@H](Oc3cc4nc(-c5c(F)cc(N6CCOCC6)cc5F)c(Cl)cc4[nH]3)CO[C@@H]21. The van der Waals surface area contributed by atoms with E-state index in [4.69, 9.17) is 30.5 Å². The van der Waals surface area contributed by atoms with Gasteiger partial charge in [0.2, 0.25) is 0 Å². The Hall–Kier alpha value is -2.50. The molecule has 5 heterocycles. The van der Waals surface area contributed by atoms with E-state index in [1.54, 1.807) is 12.1 Å². The molecule has 1 aromatic carbocycles. The number of hydrogen-bond donors (Lipinski definition) is 2. The zero-order valence-corrected chi connectivity index (χ0v) is 18.7. The molecular weight excluding hydrogens is 472 g/mol. The van der Waals surface area contributed by atoms with Crippen LogP contribution in [0.2, 0.25) is 5.02 Å². The fourth-order valence-corrected chi connectivity index (χ4v) is 4.99. The lowest BCUT2D eigenvalue weighted by Crippen LogP contribution is -2.36. The average Bonchev–Trinajstić information content (AvgIpc) is 3.51. The molecule has 3 aromatic rings. The van der Waals surface area contributed by atoms with Crippen molar-refractivity contribution in [1.29, 1.82) is 0 Å². The van der Waals surface area contributed by atoms with E-state index >= 15 is 8.78 Å². The van der Waals surface area contributed by atoms with E-state index in [9.17, 15) is 5.11 Å². The van der Waals surface area contributed by atoms with Crippen LogP contribution >= 0.6 is 11.6 Å². The Bertz CT molecular complexity index is 1210. The summed E-state index contributed by atoms with van der Waals surface area (Å²) >= 11 is 6.39. The Morgan fingerprint density at radius 3 is 2.56 bits per heavy atom. The molecule has 8 nitrogen and oxygen atoms in total. The van der Waals surface area contributed by atoms with Gasteiger partial charge in [-0.2, -0.15) is 0 Å². The van der Waals surface area contributed by atoms with Gasteiger partial charge < -0.3 is 33.9 Å². The van der Waals surface area contributed by atoms with Gasteiger partial charge in [-0.15, -0.1) is 0 Å². The second kappa shape index (κ2) is 8.62. The van der Waals surface area contributed by atoms with Crippen LogP contribution in [0.5, 0.6) is 5.88 Å². The minimum Gasteiger partial charge on any atom is -0.470 e. The van der Waals surface area contributed by atoms with Crippen molar-refractivity contribution < 1.29 is 32.8 Å². The summed E-state index contributed by atoms with van der Waals surface area (Å²) in [7, 11) is 0. The number of halogens is 3. The van der Waals surface area contributed by atoms with E-state index in [0.29, 0.717) is 48.9 Å². The lowest BCUT2D eigenvalue weighted by Gasteiger charge is -2.29. The highest BCUT2D eigenvalue weighted by atomic mass is 35.5. The molecule has 3 saturated heterocycles. The van der Waals surface area contributed by atoms with E-state index in [-0.39, 0.29) is 35.6 Å². The minimum atomic E-state index is -0.742. The molecule has 3 fully saturated rings. The predicted octanol–water partition coefficient (Wildman–Crippen LogP) is 2.90. The third-order valence-electron chi connectivity index (χ3n) is 6.43. The van der Waals surface area contributed by atoms with Crippen LogP contribution in [0.3, 0.4) is 0 Å². The lowest BCUT2D eigenvalue weighted by molar-refractivity contribution is 0.00794. The van der Waals surface area contributed by atoms with Crippen molar-refractivity contribution >= 4 is 28.3 Å². The third kappa shape index (κ3) is 3.79. The predicted molar refractivity (Wildman–Crippen MR) is 119 cm³/mol. The molecule has 11 heteroatoms. The van der Waals surface area contributed by atoms with Crippen molar-refractivity contribution in [2.75, 3.05) is 44.4 Å². The van der Waals surface area contributed by atoms with Gasteiger partial charge in [-0.1, -0.05) is 11.6 Å². The molecule has 34 heavy (non-hydrogen) atoms. The second-order valence-electron chi connectivity index (χ2n) is 8.59. The highest BCUT2D eigenvalue weighted by Gasteiger charge is 2.48. The number of aromatic amines is 1. The minimum absolute atomic E-state index is 0.00903. The Labute approximate surface area is 198 Å². The molecule has 4 atom stereocenters. The molecule has 3 aliphatic heterocycles. The summed E-state index contributed by atoms with van der Waals surface area (Å²) in [6.07, 6.45) is -1.88. The number of pyridine rings is 1. The van der Waals surface area contributed by atoms with Crippen LogP contribution in [0.25, 0.3) is 22.3 Å². The maximum absolute atomic E-state index is 15.1. The first-order chi connectivity index (χ1) is 16.5. The Kier molecular flexibility index (Phi) is 5.57. The van der Waals surface area contributed by atoms with Gasteiger partial charge >= 0.3 is 0 Å². The van der Waals surface area contributed by atoms with Gasteiger partial charge in [-0.3, -0.25) is 0 Å². The molecular formula is C23H22ClF2N3O5. The van der Waals surface area contributed by atoms with Crippen LogP contribution < -0.4 is 9.64 Å². The molecule has 2 aromatic heterocycles. The zero-order chi connectivity index (χ0) is 23.4. The number of nitrogens with one attached hydrogen (secondary N) is 1. The van der Waals surface area contributed by atoms with Crippen LogP contribution in [0.1, 0.15) is 0 Å². The van der Waals surface area contributed by atoms with Crippen molar-refractivity contribution in [3.8, 4) is 17.1 Å². The first-order valence-electron chi connectivity index (χ1n) is 11.1. The lowest BCUT2D eigenvalue weighted by atomic mass is 10.1. The number of aliphatic hydroxyl groups is 1. The number of aromatic nitrogens is 2. The number of hydrogen-bond acceptors (Lipinski definition) is 7. The molecule has 0 radical (unpaired) electrons. The van der Waals surface area contributed by atoms with Gasteiger partial charge in [0, 0.05) is 24.8 Å². The molecule has 3 aliphatic rings. The Morgan fingerprint density at radius 2 is 1.79 bits per heavy atom. The molecule has 0 spiro atoms. The van der Waals surface area contributed by atoms with Crippen LogP contribution in [-0.2, 0) is 14.2 Å². The first-order valence-corrected chi connectivity index (χ1v) is 11.4. The van der Waals surface area contributed by atoms with Crippen molar-refractivity contribution in [1.82, 2.24) is 9.97 Å². The van der Waals surface area contributed by atoms with Crippen molar-refractivity contribution in [2.24, 2.45) is 0 Å². The molecule has 0 bridgehead atoms. The van der Waals surface area contributed by atoms with Gasteiger partial charge in [-0.25, -0.2) is 13.8 Å². The first kappa shape index (κ1) is 22.0. The maximum Gasteiger partial charge on any atom is 0.193 e. The smallest absolute Gasteiger partial charge is 0.193 e. The van der Waals surface area contributed by atoms with Gasteiger partial charge in [0.05, 0.1) is 53.7 Å². The monoisotopic (exact) mass is 493 g/mol. The van der Waals surface area contributed by atoms with Crippen molar-refractivity contribution in [2.45, 2.75) is 24.4 Å². The number of benzene rings is 1. The number of anilines is 1. The highest BCUT2D eigenvalue weighted by molar-refractivity contribution is 6.33. The molecule has 2 N–H and O–H groups in total. The second-order valence-corrected chi connectivity index (χ2v) is 9.00. The summed E-state index contributed by atoms with van der Waals surface area (Å²) in [5.41, 5.74) is 1.17. The van der Waals surface area contributed by atoms with E-state index < -0.39 is 29.9 Å². The summed E-state index contributed by atoms with van der Waals surface area (Å²) in [5.74, 6) is -1.10. The average molecular weight is 494 g/mol. The molecule has 1 unspecified atom stereocenters. The van der Waals surface area contributed by atoms with Crippen LogP contribution in [0.4, 0.5) is 14.5 Å². The summed E-state index contributed by atoms with van der Waals surface area (Å²) in [4.78, 5) is 9.36. The van der Waals surface area contributed by atoms with Crippen LogP contribution in [0, 0.1) is 11.6 Å². The fourth-order valence-electron chi connectivity index (χ4n) is 4.74. The van der Waals surface area contributed by atoms with Crippen LogP contribution in [-0.4, -0.2) is 79.0 Å². The normalized spacial score (nSPS) is 26.9. The number of H-pyrrole nitrogens is 1. The number of ether oxygens (including phenoxy) is 4. The summed E-state index contributed by atoms with van der Waals surface area (Å²) in [5, 5.41) is 10.00. The Morgan fingerprint density at radius 1 is 1.06 bits per heavy atom. The van der Waals surface area contributed by atoms with Gasteiger partial charge in [0.15, 0.2) is 12.0 Å². The zero-order valence-electron chi connectivity index (χ0n) is 18.0. The quantitative estimate of drug-likeness (QED) is 0.577. The summed E-state index contributed by atoms with van der Waals surface area (Å²) < 4.78 is 52.6. The summed E-state index contributed by atoms with van der Waals surface area (Å²) in [6.45, 7) is 2.61. The van der Waals surface area contributed by atoms with Gasteiger partial charge in [-0.05, 0) is 18.2 Å². The molecule has 0 aliphatic carbocycles. The largest absolute Gasteiger partial charge is 0.470 e. The van der Waals surface area contributed by atoms with Crippen molar-refractivity contribution in [3.63, 3.8) is 0 Å². The summed E-state index contributed by atoms with van der Waals surface area (Å²) in [6, 6.07) is 5.78. The van der Waals surface area contributed by atoms with E-state index in [1.165, 1.54) is 12.1 Å². The molecule has 0 amide bonds. The molecule has 180 valence electrons. The van der Waals surface area contributed by atoms with Gasteiger partial charge in [0.1, 0.15) is 29.9 Å². The maximum atomic E-state index is 15.1. The Balaban J connectivity index is 1.29.